The predicted octanol–water partition coefficient (Wildman–Crippen LogP) is 3.56. The minimum absolute atomic E-state index is 0.617. The van der Waals surface area contributed by atoms with Crippen molar-refractivity contribution in [1.82, 2.24) is 0 Å². The molecule has 0 aliphatic heterocycles. The Balaban J connectivity index is 2.68. The molecule has 1 aliphatic rings. The summed E-state index contributed by atoms with van der Waals surface area (Å²) in [4.78, 5) is 11.2. The molecular weight excluding hydrogens is 184 g/mol. The normalized spacial score (nSPS) is 19.8. The van der Waals surface area contributed by atoms with Crippen LogP contribution < -0.4 is 0 Å². The second-order valence-corrected chi connectivity index (χ2v) is 4.71. The maximum absolute atomic E-state index is 11.2. The summed E-state index contributed by atoms with van der Waals surface area (Å²) in [5.41, 5.74) is 6.09. The van der Waals surface area contributed by atoms with E-state index >= 15 is 0 Å². The average molecular weight is 202 g/mol. The van der Waals surface area contributed by atoms with Crippen LogP contribution in [0.25, 0.3) is 0 Å². The summed E-state index contributed by atoms with van der Waals surface area (Å²) < 4.78 is 0. The molecular formula is C14H18O. The fourth-order valence-electron chi connectivity index (χ4n) is 2.64. The number of aryl methyl sites for hydroxylation is 1. The number of aldehydes is 1. The van der Waals surface area contributed by atoms with Crippen molar-refractivity contribution in [2.45, 2.75) is 46.0 Å². The van der Waals surface area contributed by atoms with Gasteiger partial charge in [-0.05, 0) is 61.3 Å². The third-order valence-electron chi connectivity index (χ3n) is 3.75. The van der Waals surface area contributed by atoms with Crippen molar-refractivity contribution in [2.75, 3.05) is 0 Å². The number of benzene rings is 1. The van der Waals surface area contributed by atoms with Crippen LogP contribution in [0.4, 0.5) is 0 Å². The first kappa shape index (κ1) is 10.4. The highest BCUT2D eigenvalue weighted by molar-refractivity contribution is 5.81. The largest absolute Gasteiger partial charge is 0.298 e. The molecule has 0 heterocycles. The van der Waals surface area contributed by atoms with Crippen LogP contribution in [-0.4, -0.2) is 6.29 Å². The number of hydrogen-bond acceptors (Lipinski definition) is 1. The number of fused-ring (bicyclic) bond motifs is 1. The van der Waals surface area contributed by atoms with E-state index < -0.39 is 0 Å². The zero-order valence-electron chi connectivity index (χ0n) is 9.76. The highest BCUT2D eigenvalue weighted by Gasteiger charge is 2.20. The van der Waals surface area contributed by atoms with Crippen LogP contribution in [0.2, 0.25) is 0 Å². The molecule has 1 unspecified atom stereocenters. The third kappa shape index (κ3) is 1.60. The molecule has 0 saturated heterocycles. The van der Waals surface area contributed by atoms with E-state index in [1.165, 1.54) is 29.5 Å². The van der Waals surface area contributed by atoms with Crippen LogP contribution >= 0.6 is 0 Å². The highest BCUT2D eigenvalue weighted by Crippen LogP contribution is 2.35. The molecule has 1 aromatic rings. The molecule has 1 nitrogen and oxygen atoms in total. The van der Waals surface area contributed by atoms with Crippen LogP contribution in [-0.2, 0) is 6.42 Å². The minimum Gasteiger partial charge on any atom is -0.298 e. The first-order valence-corrected chi connectivity index (χ1v) is 5.73. The molecule has 0 spiro atoms. The molecule has 0 saturated carbocycles. The molecule has 1 heteroatoms. The summed E-state index contributed by atoms with van der Waals surface area (Å²) in [5.74, 6) is 0.617. The predicted molar refractivity (Wildman–Crippen MR) is 62.7 cm³/mol. The topological polar surface area (TPSA) is 17.1 Å². The monoisotopic (exact) mass is 202 g/mol. The van der Waals surface area contributed by atoms with E-state index in [0.29, 0.717) is 5.92 Å². The molecule has 1 aliphatic carbocycles. The fraction of sp³-hybridized carbons (Fsp3) is 0.500. The van der Waals surface area contributed by atoms with Crippen molar-refractivity contribution in [2.24, 2.45) is 0 Å². The Kier molecular flexibility index (Phi) is 2.64. The van der Waals surface area contributed by atoms with Gasteiger partial charge >= 0.3 is 0 Å². The van der Waals surface area contributed by atoms with Gasteiger partial charge in [0, 0.05) is 5.56 Å². The first-order chi connectivity index (χ1) is 7.15. The van der Waals surface area contributed by atoms with E-state index in [9.17, 15) is 4.79 Å². The van der Waals surface area contributed by atoms with Crippen LogP contribution in [0.3, 0.4) is 0 Å². The van der Waals surface area contributed by atoms with Crippen molar-refractivity contribution >= 4 is 6.29 Å². The summed E-state index contributed by atoms with van der Waals surface area (Å²) in [5, 5.41) is 0. The van der Waals surface area contributed by atoms with Crippen LogP contribution in [0.1, 0.15) is 58.3 Å². The van der Waals surface area contributed by atoms with Gasteiger partial charge < -0.3 is 0 Å². The quantitative estimate of drug-likeness (QED) is 0.636. The minimum atomic E-state index is 0.617. The Labute approximate surface area is 91.5 Å². The lowest BCUT2D eigenvalue weighted by atomic mass is 9.79. The van der Waals surface area contributed by atoms with Gasteiger partial charge in [-0.25, -0.2) is 0 Å². The van der Waals surface area contributed by atoms with Gasteiger partial charge in [-0.3, -0.25) is 4.79 Å². The molecule has 0 amide bonds. The lowest BCUT2D eigenvalue weighted by Crippen LogP contribution is -2.12. The molecule has 0 fully saturated rings. The van der Waals surface area contributed by atoms with E-state index in [0.717, 1.165) is 23.8 Å². The van der Waals surface area contributed by atoms with E-state index in [1.807, 2.05) is 0 Å². The Hall–Kier alpha value is -1.11. The van der Waals surface area contributed by atoms with Gasteiger partial charge in [0.1, 0.15) is 0 Å². The maximum Gasteiger partial charge on any atom is 0.150 e. The fourth-order valence-corrected chi connectivity index (χ4v) is 2.64. The second kappa shape index (κ2) is 3.80. The summed E-state index contributed by atoms with van der Waals surface area (Å²) in [6.07, 6.45) is 4.60. The zero-order chi connectivity index (χ0) is 11.0. The molecule has 0 N–H and O–H groups in total. The van der Waals surface area contributed by atoms with Crippen LogP contribution in [0, 0.1) is 13.8 Å². The van der Waals surface area contributed by atoms with Gasteiger partial charge in [-0.2, -0.15) is 0 Å². The molecule has 0 aromatic heterocycles. The first-order valence-electron chi connectivity index (χ1n) is 5.73. The van der Waals surface area contributed by atoms with Gasteiger partial charge in [-0.15, -0.1) is 0 Å². The average Bonchev–Trinajstić information content (AvgIpc) is 2.22. The van der Waals surface area contributed by atoms with Gasteiger partial charge in [0.2, 0.25) is 0 Å². The van der Waals surface area contributed by atoms with Crippen molar-refractivity contribution in [3.05, 3.63) is 33.9 Å². The third-order valence-corrected chi connectivity index (χ3v) is 3.75. The van der Waals surface area contributed by atoms with Gasteiger partial charge in [-0.1, -0.05) is 13.0 Å². The standard InChI is InChI=1S/C14H18O/c1-9-5-4-6-12-13(9)7-10(2)11(3)14(12)8-15/h7-9H,4-6H2,1-3H3. The van der Waals surface area contributed by atoms with Gasteiger partial charge in [0.15, 0.2) is 6.29 Å². The van der Waals surface area contributed by atoms with Crippen LogP contribution in [0.5, 0.6) is 0 Å². The summed E-state index contributed by atoms with van der Waals surface area (Å²) in [7, 11) is 0. The van der Waals surface area contributed by atoms with E-state index in [2.05, 4.69) is 26.8 Å². The SMILES string of the molecule is Cc1cc2c(c(C=O)c1C)CCCC2C. The molecule has 2 rings (SSSR count). The highest BCUT2D eigenvalue weighted by atomic mass is 16.1. The summed E-state index contributed by atoms with van der Waals surface area (Å²) in [6, 6.07) is 2.28. The van der Waals surface area contributed by atoms with E-state index in [-0.39, 0.29) is 0 Å². The number of rotatable bonds is 1. The number of hydrogen-bond donors (Lipinski definition) is 0. The Morgan fingerprint density at radius 2 is 2.13 bits per heavy atom. The van der Waals surface area contributed by atoms with Crippen molar-refractivity contribution < 1.29 is 4.79 Å². The summed E-state index contributed by atoms with van der Waals surface area (Å²) >= 11 is 0. The molecule has 1 atom stereocenters. The van der Waals surface area contributed by atoms with Crippen molar-refractivity contribution in [1.29, 1.82) is 0 Å². The van der Waals surface area contributed by atoms with Crippen molar-refractivity contribution in [3.63, 3.8) is 0 Å². The Bertz CT molecular complexity index is 404. The van der Waals surface area contributed by atoms with Gasteiger partial charge in [0.05, 0.1) is 0 Å². The molecule has 0 bridgehead atoms. The maximum atomic E-state index is 11.2. The molecule has 15 heavy (non-hydrogen) atoms. The molecule has 0 radical (unpaired) electrons. The van der Waals surface area contributed by atoms with E-state index in [1.54, 1.807) is 0 Å². The lowest BCUT2D eigenvalue weighted by Gasteiger charge is -2.25. The second-order valence-electron chi connectivity index (χ2n) is 4.71. The Morgan fingerprint density at radius 1 is 1.40 bits per heavy atom. The van der Waals surface area contributed by atoms with Gasteiger partial charge in [0.25, 0.3) is 0 Å². The number of carbonyl (C=O) groups is 1. The molecule has 1 aromatic carbocycles. The number of carbonyl (C=O) groups excluding carboxylic acids is 1. The summed E-state index contributed by atoms with van der Waals surface area (Å²) in [6.45, 7) is 6.42. The van der Waals surface area contributed by atoms with Crippen LogP contribution in [0.15, 0.2) is 6.07 Å². The smallest absolute Gasteiger partial charge is 0.150 e. The van der Waals surface area contributed by atoms with E-state index in [4.69, 9.17) is 0 Å². The zero-order valence-corrected chi connectivity index (χ0v) is 9.76. The Morgan fingerprint density at radius 3 is 2.80 bits per heavy atom. The lowest BCUT2D eigenvalue weighted by molar-refractivity contribution is 0.112. The molecule has 80 valence electrons. The van der Waals surface area contributed by atoms with Crippen molar-refractivity contribution in [3.8, 4) is 0 Å².